The van der Waals surface area contributed by atoms with Crippen molar-refractivity contribution >= 4 is 11.9 Å². The Balaban J connectivity index is 2.58. The van der Waals surface area contributed by atoms with E-state index in [0.29, 0.717) is 25.4 Å². The Morgan fingerprint density at radius 3 is 2.55 bits per heavy atom. The fourth-order valence-electron chi connectivity index (χ4n) is 2.64. The molecule has 1 rings (SSSR count). The summed E-state index contributed by atoms with van der Waals surface area (Å²) in [5.74, 6) is -0.317. The van der Waals surface area contributed by atoms with E-state index in [4.69, 9.17) is 0 Å². The predicted octanol–water partition coefficient (Wildman–Crippen LogP) is 1.87. The van der Waals surface area contributed by atoms with E-state index in [1.54, 1.807) is 0 Å². The molecular weight excluding hydrogens is 256 g/mol. The van der Waals surface area contributed by atoms with Crippen molar-refractivity contribution in [1.29, 1.82) is 0 Å². The zero-order valence-corrected chi connectivity index (χ0v) is 12.9. The van der Waals surface area contributed by atoms with E-state index in [1.807, 2.05) is 11.8 Å². The van der Waals surface area contributed by atoms with Crippen molar-refractivity contribution in [3.8, 4) is 0 Å². The van der Waals surface area contributed by atoms with E-state index >= 15 is 0 Å². The van der Waals surface area contributed by atoms with Crippen LogP contribution in [-0.4, -0.2) is 47.1 Å². The van der Waals surface area contributed by atoms with Crippen LogP contribution in [0, 0.1) is 5.92 Å². The van der Waals surface area contributed by atoms with Crippen LogP contribution >= 0.6 is 0 Å². The van der Waals surface area contributed by atoms with Gasteiger partial charge in [-0.25, -0.2) is 0 Å². The number of hydrogen-bond acceptors (Lipinski definition) is 3. The number of rotatable bonds is 6. The molecule has 1 heterocycles. The van der Waals surface area contributed by atoms with Gasteiger partial charge in [-0.05, 0) is 38.6 Å². The quantitative estimate of drug-likeness (QED) is 0.781. The van der Waals surface area contributed by atoms with Gasteiger partial charge in [-0.15, -0.1) is 0 Å². The summed E-state index contributed by atoms with van der Waals surface area (Å²) >= 11 is 0. The lowest BCUT2D eigenvalue weighted by Crippen LogP contribution is -2.52. The normalized spacial score (nSPS) is 22.3. The molecule has 1 aliphatic rings. The number of nitrogens with zero attached hydrogens (tertiary/aromatic N) is 1. The van der Waals surface area contributed by atoms with Crippen LogP contribution in [-0.2, 0) is 9.59 Å². The summed E-state index contributed by atoms with van der Waals surface area (Å²) < 4.78 is 0. The lowest BCUT2D eigenvalue weighted by atomic mass is 10.1. The Morgan fingerprint density at radius 1 is 1.25 bits per heavy atom. The van der Waals surface area contributed by atoms with Gasteiger partial charge in [-0.1, -0.05) is 26.7 Å². The minimum absolute atomic E-state index is 0.0567. The van der Waals surface area contributed by atoms with Crippen LogP contribution in [0.1, 0.15) is 52.9 Å². The maximum atomic E-state index is 12.2. The molecule has 20 heavy (non-hydrogen) atoms. The maximum Gasteiger partial charge on any atom is 0.320 e. The van der Waals surface area contributed by atoms with Gasteiger partial charge in [0.05, 0.1) is 6.04 Å². The third kappa shape index (κ3) is 5.12. The van der Waals surface area contributed by atoms with E-state index in [9.17, 15) is 14.7 Å². The molecule has 2 N–H and O–H groups in total. The van der Waals surface area contributed by atoms with Crippen molar-refractivity contribution in [1.82, 2.24) is 10.2 Å². The summed E-state index contributed by atoms with van der Waals surface area (Å²) in [5.41, 5.74) is 0. The number of carboxylic acid groups (broad SMARTS) is 1. The summed E-state index contributed by atoms with van der Waals surface area (Å²) in [4.78, 5) is 25.4. The summed E-state index contributed by atoms with van der Waals surface area (Å²) in [6, 6.07) is -0.898. The Hall–Kier alpha value is -1.10. The number of carboxylic acids is 1. The largest absolute Gasteiger partial charge is 0.480 e. The highest BCUT2D eigenvalue weighted by atomic mass is 16.4. The summed E-state index contributed by atoms with van der Waals surface area (Å²) in [5, 5.41) is 12.3. The molecule has 0 aromatic heterocycles. The monoisotopic (exact) mass is 284 g/mol. The van der Waals surface area contributed by atoms with Crippen LogP contribution in [0.15, 0.2) is 0 Å². The van der Waals surface area contributed by atoms with Crippen LogP contribution in [0.4, 0.5) is 0 Å². The number of carbonyl (C=O) groups excluding carboxylic acids is 1. The highest BCUT2D eigenvalue weighted by Gasteiger charge is 2.33. The summed E-state index contributed by atoms with van der Waals surface area (Å²) in [7, 11) is 0. The van der Waals surface area contributed by atoms with E-state index in [1.165, 1.54) is 0 Å². The van der Waals surface area contributed by atoms with Crippen LogP contribution in [0.25, 0.3) is 0 Å². The minimum Gasteiger partial charge on any atom is -0.480 e. The fraction of sp³-hybridized carbons (Fsp3) is 0.867. The van der Waals surface area contributed by atoms with Gasteiger partial charge in [0.25, 0.3) is 0 Å². The lowest BCUT2D eigenvalue weighted by molar-refractivity contribution is -0.145. The molecule has 0 radical (unpaired) electrons. The van der Waals surface area contributed by atoms with E-state index < -0.39 is 12.0 Å². The molecule has 5 heteroatoms. The highest BCUT2D eigenvalue weighted by Crippen LogP contribution is 2.19. The lowest BCUT2D eigenvalue weighted by Gasteiger charge is -2.31. The van der Waals surface area contributed by atoms with Gasteiger partial charge >= 0.3 is 5.97 Å². The van der Waals surface area contributed by atoms with Gasteiger partial charge in [0.1, 0.15) is 6.04 Å². The number of nitrogens with one attached hydrogen (secondary N) is 1. The van der Waals surface area contributed by atoms with Gasteiger partial charge in [-0.2, -0.15) is 0 Å². The molecule has 2 atom stereocenters. The highest BCUT2D eigenvalue weighted by molar-refractivity contribution is 5.82. The van der Waals surface area contributed by atoms with Gasteiger partial charge in [-0.3, -0.25) is 14.5 Å². The third-order valence-electron chi connectivity index (χ3n) is 3.98. The van der Waals surface area contributed by atoms with E-state index in [0.717, 1.165) is 25.7 Å². The SMILES string of the molecule is CC(C)CCNC(=O)C(C)N1CCCCCC1C(=O)O. The Labute approximate surface area is 121 Å². The van der Waals surface area contributed by atoms with Crippen molar-refractivity contribution in [2.45, 2.75) is 65.0 Å². The second kappa shape index (κ2) is 8.25. The zero-order chi connectivity index (χ0) is 15.1. The fourth-order valence-corrected chi connectivity index (χ4v) is 2.64. The molecule has 2 unspecified atom stereocenters. The van der Waals surface area contributed by atoms with E-state index in [-0.39, 0.29) is 11.9 Å². The van der Waals surface area contributed by atoms with Gasteiger partial charge in [0, 0.05) is 6.54 Å². The van der Waals surface area contributed by atoms with Crippen molar-refractivity contribution in [3.63, 3.8) is 0 Å². The standard InChI is InChI=1S/C15H28N2O3/c1-11(2)8-9-16-14(18)12(3)17-10-6-4-5-7-13(17)15(19)20/h11-13H,4-10H2,1-3H3,(H,16,18)(H,19,20). The first-order valence-electron chi connectivity index (χ1n) is 7.69. The average Bonchev–Trinajstić information content (AvgIpc) is 2.62. The number of aliphatic carboxylic acids is 1. The van der Waals surface area contributed by atoms with Crippen molar-refractivity contribution < 1.29 is 14.7 Å². The maximum absolute atomic E-state index is 12.2. The van der Waals surface area contributed by atoms with Crippen LogP contribution in [0.2, 0.25) is 0 Å². The Kier molecular flexibility index (Phi) is 6.99. The molecule has 1 aliphatic heterocycles. The number of likely N-dealkylation sites (tertiary alicyclic amines) is 1. The van der Waals surface area contributed by atoms with Crippen molar-refractivity contribution in [3.05, 3.63) is 0 Å². The molecule has 1 saturated heterocycles. The Bertz CT molecular complexity index is 331. The second-order valence-electron chi connectivity index (χ2n) is 6.09. The average molecular weight is 284 g/mol. The number of amides is 1. The number of hydrogen-bond donors (Lipinski definition) is 2. The van der Waals surface area contributed by atoms with Crippen LogP contribution in [0.5, 0.6) is 0 Å². The summed E-state index contributed by atoms with van der Waals surface area (Å²) in [6.45, 7) is 7.39. The molecular formula is C15H28N2O3. The molecule has 1 amide bonds. The molecule has 1 fully saturated rings. The van der Waals surface area contributed by atoms with Gasteiger partial charge in [0.15, 0.2) is 0 Å². The van der Waals surface area contributed by atoms with Crippen LogP contribution in [0.3, 0.4) is 0 Å². The first-order chi connectivity index (χ1) is 9.43. The molecule has 0 aliphatic carbocycles. The topological polar surface area (TPSA) is 69.6 Å². The second-order valence-corrected chi connectivity index (χ2v) is 6.09. The molecule has 0 saturated carbocycles. The first kappa shape index (κ1) is 17.0. The molecule has 116 valence electrons. The molecule has 0 aromatic rings. The molecule has 0 aromatic carbocycles. The summed E-state index contributed by atoms with van der Waals surface area (Å²) in [6.07, 6.45) is 4.52. The van der Waals surface area contributed by atoms with Crippen molar-refractivity contribution in [2.75, 3.05) is 13.1 Å². The van der Waals surface area contributed by atoms with Crippen molar-refractivity contribution in [2.24, 2.45) is 5.92 Å². The molecule has 0 spiro atoms. The first-order valence-corrected chi connectivity index (χ1v) is 7.69. The van der Waals surface area contributed by atoms with Gasteiger partial charge in [0.2, 0.25) is 5.91 Å². The minimum atomic E-state index is -0.811. The Morgan fingerprint density at radius 2 is 1.95 bits per heavy atom. The van der Waals surface area contributed by atoms with Crippen LogP contribution < -0.4 is 5.32 Å². The molecule has 5 nitrogen and oxygen atoms in total. The molecule has 0 bridgehead atoms. The predicted molar refractivity (Wildman–Crippen MR) is 78.5 cm³/mol. The third-order valence-corrected chi connectivity index (χ3v) is 3.98. The van der Waals surface area contributed by atoms with Gasteiger partial charge < -0.3 is 10.4 Å². The van der Waals surface area contributed by atoms with E-state index in [2.05, 4.69) is 19.2 Å². The smallest absolute Gasteiger partial charge is 0.320 e. The number of carbonyl (C=O) groups is 2. The zero-order valence-electron chi connectivity index (χ0n) is 12.9.